The quantitative estimate of drug-likeness (QED) is 0.771. The van der Waals surface area contributed by atoms with Crippen LogP contribution in [-0.2, 0) is 4.74 Å². The molecule has 1 amide bonds. The number of aliphatic hydroxyl groups excluding tert-OH is 1. The second kappa shape index (κ2) is 5.08. The fourth-order valence-corrected chi connectivity index (χ4v) is 2.25. The topological polar surface area (TPSA) is 49.8 Å². The van der Waals surface area contributed by atoms with E-state index < -0.39 is 11.1 Å². The van der Waals surface area contributed by atoms with Gasteiger partial charge in [0.25, 0.3) is 0 Å². The molecule has 4 nitrogen and oxygen atoms in total. The Labute approximate surface area is 103 Å². The van der Waals surface area contributed by atoms with Crippen molar-refractivity contribution in [1.29, 1.82) is 0 Å². The van der Waals surface area contributed by atoms with Crippen molar-refractivity contribution >= 4 is 6.09 Å². The van der Waals surface area contributed by atoms with E-state index in [0.717, 1.165) is 12.8 Å². The molecule has 1 aliphatic rings. The van der Waals surface area contributed by atoms with Gasteiger partial charge in [-0.2, -0.15) is 0 Å². The van der Waals surface area contributed by atoms with E-state index in [1.807, 2.05) is 20.8 Å². The maximum Gasteiger partial charge on any atom is 0.410 e. The van der Waals surface area contributed by atoms with Crippen LogP contribution in [0.15, 0.2) is 12.7 Å². The summed E-state index contributed by atoms with van der Waals surface area (Å²) in [6.07, 6.45) is 3.70. The van der Waals surface area contributed by atoms with E-state index in [1.54, 1.807) is 11.0 Å². The molecule has 1 saturated heterocycles. The summed E-state index contributed by atoms with van der Waals surface area (Å²) in [7, 11) is 0. The van der Waals surface area contributed by atoms with Crippen LogP contribution in [0, 0.1) is 0 Å². The molecule has 0 aromatic carbocycles. The molecule has 0 aliphatic carbocycles. The lowest BCUT2D eigenvalue weighted by Gasteiger charge is -2.37. The van der Waals surface area contributed by atoms with Crippen LogP contribution in [-0.4, -0.2) is 40.4 Å². The molecule has 0 bridgehead atoms. The second-order valence-corrected chi connectivity index (χ2v) is 5.61. The van der Waals surface area contributed by atoms with E-state index in [1.165, 1.54) is 0 Å². The summed E-state index contributed by atoms with van der Waals surface area (Å²) in [5, 5.41) is 9.57. The molecule has 1 N–H and O–H groups in total. The minimum Gasteiger partial charge on any atom is -0.444 e. The van der Waals surface area contributed by atoms with Crippen molar-refractivity contribution in [3.8, 4) is 0 Å². The molecule has 0 saturated carbocycles. The Bertz CT molecular complexity index is 296. The molecular formula is C13H23NO3. The van der Waals surface area contributed by atoms with Gasteiger partial charge in [0, 0.05) is 6.54 Å². The highest BCUT2D eigenvalue weighted by Gasteiger charge is 2.43. The molecule has 1 unspecified atom stereocenters. The summed E-state index contributed by atoms with van der Waals surface area (Å²) in [6.45, 7) is 9.82. The predicted octanol–water partition coefficient (Wildman–Crippen LogP) is 2.32. The Balaban J connectivity index is 2.80. The van der Waals surface area contributed by atoms with Gasteiger partial charge in [-0.15, -0.1) is 6.58 Å². The van der Waals surface area contributed by atoms with Crippen LogP contribution in [0.2, 0.25) is 0 Å². The summed E-state index contributed by atoms with van der Waals surface area (Å²) in [5.74, 6) is 0. The standard InChI is InChI=1S/C13H23NO3/c1-5-7-13(10-15)8-6-9-14(13)11(16)17-12(2,3)4/h5,15H,1,6-10H2,2-4H3. The van der Waals surface area contributed by atoms with Crippen molar-refractivity contribution in [2.24, 2.45) is 0 Å². The first kappa shape index (κ1) is 14.0. The third-order valence-electron chi connectivity index (χ3n) is 3.03. The lowest BCUT2D eigenvalue weighted by atomic mass is 9.93. The monoisotopic (exact) mass is 241 g/mol. The van der Waals surface area contributed by atoms with Crippen LogP contribution in [0.25, 0.3) is 0 Å². The highest BCUT2D eigenvalue weighted by atomic mass is 16.6. The van der Waals surface area contributed by atoms with Gasteiger partial charge >= 0.3 is 6.09 Å². The van der Waals surface area contributed by atoms with Crippen LogP contribution in [0.4, 0.5) is 4.79 Å². The molecule has 17 heavy (non-hydrogen) atoms. The van der Waals surface area contributed by atoms with E-state index in [0.29, 0.717) is 13.0 Å². The lowest BCUT2D eigenvalue weighted by Crippen LogP contribution is -2.51. The van der Waals surface area contributed by atoms with Crippen LogP contribution in [0.3, 0.4) is 0 Å². The van der Waals surface area contributed by atoms with Crippen LogP contribution < -0.4 is 0 Å². The predicted molar refractivity (Wildman–Crippen MR) is 66.8 cm³/mol. The van der Waals surface area contributed by atoms with Crippen molar-refractivity contribution in [2.45, 2.75) is 51.2 Å². The Morgan fingerprint density at radius 2 is 2.24 bits per heavy atom. The smallest absolute Gasteiger partial charge is 0.410 e. The average molecular weight is 241 g/mol. The van der Waals surface area contributed by atoms with E-state index in [-0.39, 0.29) is 12.7 Å². The van der Waals surface area contributed by atoms with Gasteiger partial charge in [0.1, 0.15) is 5.60 Å². The Morgan fingerprint density at radius 1 is 1.59 bits per heavy atom. The zero-order valence-corrected chi connectivity index (χ0v) is 11.0. The number of nitrogens with zero attached hydrogens (tertiary/aromatic N) is 1. The van der Waals surface area contributed by atoms with E-state index in [4.69, 9.17) is 4.74 Å². The number of carbonyl (C=O) groups excluding carboxylic acids is 1. The summed E-state index contributed by atoms with van der Waals surface area (Å²) >= 11 is 0. The van der Waals surface area contributed by atoms with Gasteiger partial charge in [-0.25, -0.2) is 4.79 Å². The molecular weight excluding hydrogens is 218 g/mol. The number of rotatable bonds is 3. The summed E-state index contributed by atoms with van der Waals surface area (Å²) in [6, 6.07) is 0. The first-order valence-corrected chi connectivity index (χ1v) is 6.07. The zero-order chi connectivity index (χ0) is 13.1. The lowest BCUT2D eigenvalue weighted by molar-refractivity contribution is -0.00390. The van der Waals surface area contributed by atoms with Crippen molar-refractivity contribution < 1.29 is 14.6 Å². The third-order valence-corrected chi connectivity index (χ3v) is 3.03. The van der Waals surface area contributed by atoms with Gasteiger partial charge in [-0.3, -0.25) is 4.90 Å². The minimum absolute atomic E-state index is 0.0434. The Kier molecular flexibility index (Phi) is 4.20. The SMILES string of the molecule is C=CCC1(CO)CCCN1C(=O)OC(C)(C)C. The molecule has 1 heterocycles. The highest BCUT2D eigenvalue weighted by Crippen LogP contribution is 2.33. The molecule has 1 fully saturated rings. The molecule has 98 valence electrons. The van der Waals surface area contributed by atoms with Gasteiger partial charge in [0.05, 0.1) is 12.1 Å². The number of aliphatic hydroxyl groups is 1. The van der Waals surface area contributed by atoms with Crippen molar-refractivity contribution in [2.75, 3.05) is 13.2 Å². The third kappa shape index (κ3) is 3.22. The summed E-state index contributed by atoms with van der Waals surface area (Å²) in [5.41, 5.74) is -1.01. The fourth-order valence-electron chi connectivity index (χ4n) is 2.25. The number of ether oxygens (including phenoxy) is 1. The van der Waals surface area contributed by atoms with E-state index >= 15 is 0 Å². The highest BCUT2D eigenvalue weighted by molar-refractivity contribution is 5.69. The van der Waals surface area contributed by atoms with Crippen molar-refractivity contribution in [1.82, 2.24) is 4.90 Å². The van der Waals surface area contributed by atoms with E-state index in [2.05, 4.69) is 6.58 Å². The molecule has 0 aromatic rings. The number of amides is 1. The first-order valence-electron chi connectivity index (χ1n) is 6.07. The molecule has 0 spiro atoms. The van der Waals surface area contributed by atoms with Gasteiger partial charge in [0.15, 0.2) is 0 Å². The summed E-state index contributed by atoms with van der Waals surface area (Å²) < 4.78 is 5.37. The van der Waals surface area contributed by atoms with Gasteiger partial charge < -0.3 is 9.84 Å². The molecule has 1 rings (SSSR count). The number of hydrogen-bond donors (Lipinski definition) is 1. The maximum absolute atomic E-state index is 12.1. The first-order chi connectivity index (χ1) is 7.84. The number of likely N-dealkylation sites (tertiary alicyclic amines) is 1. The van der Waals surface area contributed by atoms with Crippen LogP contribution in [0.5, 0.6) is 0 Å². The molecule has 1 aliphatic heterocycles. The molecule has 0 radical (unpaired) electrons. The molecule has 0 aromatic heterocycles. The normalized spacial score (nSPS) is 24.8. The average Bonchev–Trinajstić information content (AvgIpc) is 2.60. The second-order valence-electron chi connectivity index (χ2n) is 5.61. The van der Waals surface area contributed by atoms with Crippen molar-refractivity contribution in [3.05, 3.63) is 12.7 Å². The maximum atomic E-state index is 12.1. The van der Waals surface area contributed by atoms with E-state index in [9.17, 15) is 9.90 Å². The van der Waals surface area contributed by atoms with Gasteiger partial charge in [0.2, 0.25) is 0 Å². The molecule has 1 atom stereocenters. The largest absolute Gasteiger partial charge is 0.444 e. The minimum atomic E-state index is -0.510. The van der Waals surface area contributed by atoms with Gasteiger partial charge in [-0.1, -0.05) is 6.08 Å². The van der Waals surface area contributed by atoms with Crippen molar-refractivity contribution in [3.63, 3.8) is 0 Å². The Hall–Kier alpha value is -1.03. The van der Waals surface area contributed by atoms with Gasteiger partial charge in [-0.05, 0) is 40.0 Å². The van der Waals surface area contributed by atoms with Crippen LogP contribution in [0.1, 0.15) is 40.0 Å². The zero-order valence-electron chi connectivity index (χ0n) is 11.0. The van der Waals surface area contributed by atoms with Crippen LogP contribution >= 0.6 is 0 Å². The number of hydrogen-bond acceptors (Lipinski definition) is 3. The fraction of sp³-hybridized carbons (Fsp3) is 0.769. The summed E-state index contributed by atoms with van der Waals surface area (Å²) in [4.78, 5) is 13.7. The molecule has 4 heteroatoms. The Morgan fingerprint density at radius 3 is 2.71 bits per heavy atom. The number of carbonyl (C=O) groups is 1.